The van der Waals surface area contributed by atoms with Crippen molar-refractivity contribution in [1.82, 2.24) is 19.9 Å². The van der Waals surface area contributed by atoms with Crippen molar-refractivity contribution in [3.8, 4) is 0 Å². The Bertz CT molecular complexity index is 1220. The maximum Gasteiger partial charge on any atom is 0.221 e. The van der Waals surface area contributed by atoms with Crippen molar-refractivity contribution >= 4 is 23.2 Å². The van der Waals surface area contributed by atoms with Crippen LogP contribution in [0.15, 0.2) is 60.7 Å². The van der Waals surface area contributed by atoms with Gasteiger partial charge in [-0.3, -0.25) is 4.79 Å². The summed E-state index contributed by atoms with van der Waals surface area (Å²) in [7, 11) is 0. The molecule has 5 nitrogen and oxygen atoms in total. The first-order valence-corrected chi connectivity index (χ1v) is 10.7. The van der Waals surface area contributed by atoms with E-state index in [0.717, 1.165) is 39.4 Å². The van der Waals surface area contributed by atoms with Gasteiger partial charge in [-0.2, -0.15) is 5.10 Å². The fourth-order valence-electron chi connectivity index (χ4n) is 3.93. The Hall–Kier alpha value is -3.18. The molecule has 158 valence electrons. The molecule has 2 heterocycles. The average molecular weight is 433 g/mol. The van der Waals surface area contributed by atoms with Gasteiger partial charge in [0.05, 0.1) is 11.7 Å². The third-order valence-electron chi connectivity index (χ3n) is 5.53. The Labute approximate surface area is 187 Å². The molecule has 31 heavy (non-hydrogen) atoms. The van der Waals surface area contributed by atoms with Crippen molar-refractivity contribution in [2.45, 2.75) is 39.7 Å². The molecule has 1 amide bonds. The van der Waals surface area contributed by atoms with Crippen molar-refractivity contribution in [1.29, 1.82) is 0 Å². The number of halogens is 1. The minimum Gasteiger partial charge on any atom is -0.345 e. The van der Waals surface area contributed by atoms with Crippen LogP contribution < -0.4 is 5.32 Å². The normalized spacial score (nSPS) is 12.1. The van der Waals surface area contributed by atoms with Crippen LogP contribution >= 0.6 is 11.6 Å². The lowest BCUT2D eigenvalue weighted by Gasteiger charge is -2.20. The van der Waals surface area contributed by atoms with Crippen molar-refractivity contribution in [3.05, 3.63) is 99.5 Å². The molecule has 0 aliphatic carbocycles. The summed E-state index contributed by atoms with van der Waals surface area (Å²) in [5, 5.41) is 8.38. The Morgan fingerprint density at radius 2 is 1.71 bits per heavy atom. The minimum absolute atomic E-state index is 0.0145. The maximum absolute atomic E-state index is 13.0. The van der Waals surface area contributed by atoms with Gasteiger partial charge in [0.2, 0.25) is 5.91 Å². The van der Waals surface area contributed by atoms with Gasteiger partial charge in [0.25, 0.3) is 0 Å². The number of nitrogens with one attached hydrogen (secondary N) is 1. The summed E-state index contributed by atoms with van der Waals surface area (Å²) in [6.07, 6.45) is 0.972. The molecular formula is C25H25ClN4O. The summed E-state index contributed by atoms with van der Waals surface area (Å²) in [4.78, 5) is 17.6. The van der Waals surface area contributed by atoms with Crippen LogP contribution in [0.2, 0.25) is 5.02 Å². The highest BCUT2D eigenvalue weighted by Crippen LogP contribution is 2.24. The van der Waals surface area contributed by atoms with E-state index in [9.17, 15) is 4.79 Å². The van der Waals surface area contributed by atoms with Gasteiger partial charge < -0.3 is 5.32 Å². The van der Waals surface area contributed by atoms with Crippen molar-refractivity contribution < 1.29 is 4.79 Å². The van der Waals surface area contributed by atoms with Crippen LogP contribution in [0.25, 0.3) is 5.65 Å². The molecule has 0 bridgehead atoms. The summed E-state index contributed by atoms with van der Waals surface area (Å²) in [6, 6.07) is 19.3. The number of hydrogen-bond donors (Lipinski definition) is 1. The van der Waals surface area contributed by atoms with Gasteiger partial charge in [-0.05, 0) is 56.0 Å². The van der Waals surface area contributed by atoms with Gasteiger partial charge >= 0.3 is 0 Å². The zero-order valence-electron chi connectivity index (χ0n) is 17.9. The lowest BCUT2D eigenvalue weighted by Crippen LogP contribution is -2.29. The van der Waals surface area contributed by atoms with E-state index < -0.39 is 0 Å². The molecule has 4 aromatic rings. The third-order valence-corrected chi connectivity index (χ3v) is 5.78. The first-order chi connectivity index (χ1) is 14.9. The molecule has 0 spiro atoms. The van der Waals surface area contributed by atoms with Gasteiger partial charge in [0.15, 0.2) is 5.65 Å². The molecule has 0 saturated heterocycles. The van der Waals surface area contributed by atoms with Crippen LogP contribution in [0.3, 0.4) is 0 Å². The van der Waals surface area contributed by atoms with Gasteiger partial charge in [0.1, 0.15) is 0 Å². The number of benzene rings is 2. The quantitative estimate of drug-likeness (QED) is 0.458. The van der Waals surface area contributed by atoms with E-state index in [4.69, 9.17) is 11.6 Å². The second kappa shape index (κ2) is 8.90. The van der Waals surface area contributed by atoms with E-state index in [-0.39, 0.29) is 11.9 Å². The molecular weight excluding hydrogens is 408 g/mol. The summed E-state index contributed by atoms with van der Waals surface area (Å²) < 4.78 is 1.86. The van der Waals surface area contributed by atoms with Gasteiger partial charge in [-0.25, -0.2) is 9.50 Å². The highest BCUT2D eigenvalue weighted by molar-refractivity contribution is 6.30. The fraction of sp³-hybridized carbons (Fsp3) is 0.240. The van der Waals surface area contributed by atoms with Gasteiger partial charge in [0, 0.05) is 28.9 Å². The average Bonchev–Trinajstić information content (AvgIpc) is 3.13. The summed E-state index contributed by atoms with van der Waals surface area (Å²) in [5.41, 5.74) is 6.82. The molecule has 6 heteroatoms. The number of hydrogen-bond acceptors (Lipinski definition) is 3. The van der Waals surface area contributed by atoms with E-state index >= 15 is 0 Å². The third kappa shape index (κ3) is 4.62. The maximum atomic E-state index is 13.0. The highest BCUT2D eigenvalue weighted by atomic mass is 35.5. The van der Waals surface area contributed by atoms with E-state index in [1.165, 1.54) is 0 Å². The summed E-state index contributed by atoms with van der Waals surface area (Å²) in [5.74, 6) is -0.0145. The largest absolute Gasteiger partial charge is 0.345 e. The van der Waals surface area contributed by atoms with E-state index in [0.29, 0.717) is 17.9 Å². The van der Waals surface area contributed by atoms with Crippen LogP contribution in [0.5, 0.6) is 0 Å². The number of aryl methyl sites for hydroxylation is 3. The van der Waals surface area contributed by atoms with E-state index in [1.807, 2.05) is 86.0 Å². The molecule has 0 fully saturated rings. The number of carbonyl (C=O) groups excluding carboxylic acids is 1. The van der Waals surface area contributed by atoms with Crippen LogP contribution in [0.4, 0.5) is 0 Å². The Balaban J connectivity index is 1.53. The smallest absolute Gasteiger partial charge is 0.221 e. The first kappa shape index (κ1) is 21.1. The van der Waals surface area contributed by atoms with Crippen LogP contribution in [-0.2, 0) is 11.2 Å². The first-order valence-electron chi connectivity index (χ1n) is 10.3. The number of rotatable bonds is 6. The monoisotopic (exact) mass is 432 g/mol. The van der Waals surface area contributed by atoms with Crippen molar-refractivity contribution in [2.24, 2.45) is 0 Å². The lowest BCUT2D eigenvalue weighted by atomic mass is 9.98. The standard InChI is InChI=1S/C25H25ClN4O/c1-16-15-23-27-17(2)22(18(3)30(23)29-16)13-14-24(31)28-25(19-7-5-4-6-8-19)20-9-11-21(26)12-10-20/h4-12,15,25H,13-14H2,1-3H3,(H,28,31). The van der Waals surface area contributed by atoms with E-state index in [2.05, 4.69) is 15.4 Å². The summed E-state index contributed by atoms with van der Waals surface area (Å²) >= 11 is 6.06. The lowest BCUT2D eigenvalue weighted by molar-refractivity contribution is -0.121. The predicted octanol–water partition coefficient (Wildman–Crippen LogP) is 5.15. The molecule has 1 N–H and O–H groups in total. The van der Waals surface area contributed by atoms with Crippen LogP contribution in [0.1, 0.15) is 46.2 Å². The number of amides is 1. The zero-order chi connectivity index (χ0) is 22.0. The van der Waals surface area contributed by atoms with Crippen LogP contribution in [0, 0.1) is 20.8 Å². The van der Waals surface area contributed by atoms with Crippen LogP contribution in [-0.4, -0.2) is 20.5 Å². The highest BCUT2D eigenvalue weighted by Gasteiger charge is 2.18. The Kier molecular flexibility index (Phi) is 6.05. The molecule has 4 rings (SSSR count). The van der Waals surface area contributed by atoms with Gasteiger partial charge in [-0.1, -0.05) is 54.1 Å². The summed E-state index contributed by atoms with van der Waals surface area (Å²) in [6.45, 7) is 5.97. The second-order valence-corrected chi connectivity index (χ2v) is 8.22. The Morgan fingerprint density at radius 3 is 2.42 bits per heavy atom. The number of carbonyl (C=O) groups is 1. The molecule has 1 unspecified atom stereocenters. The fourth-order valence-corrected chi connectivity index (χ4v) is 4.06. The van der Waals surface area contributed by atoms with Crippen molar-refractivity contribution in [2.75, 3.05) is 0 Å². The van der Waals surface area contributed by atoms with Crippen molar-refractivity contribution in [3.63, 3.8) is 0 Å². The molecule has 2 aromatic heterocycles. The molecule has 2 aromatic carbocycles. The molecule has 0 saturated carbocycles. The molecule has 0 aliphatic rings. The van der Waals surface area contributed by atoms with E-state index in [1.54, 1.807) is 0 Å². The predicted molar refractivity (Wildman–Crippen MR) is 123 cm³/mol. The number of fused-ring (bicyclic) bond motifs is 1. The zero-order valence-corrected chi connectivity index (χ0v) is 18.6. The number of nitrogens with zero attached hydrogens (tertiary/aromatic N) is 3. The topological polar surface area (TPSA) is 59.3 Å². The molecule has 0 radical (unpaired) electrons. The van der Waals surface area contributed by atoms with Gasteiger partial charge in [-0.15, -0.1) is 0 Å². The molecule has 0 aliphatic heterocycles. The Morgan fingerprint density at radius 1 is 1.03 bits per heavy atom. The number of aromatic nitrogens is 3. The second-order valence-electron chi connectivity index (χ2n) is 7.78. The SMILES string of the molecule is Cc1cc2nc(C)c(CCC(=O)NC(c3ccccc3)c3ccc(Cl)cc3)c(C)n2n1. The molecule has 1 atom stereocenters. The minimum atomic E-state index is -0.234.